The maximum atomic E-state index is 12.7. The Morgan fingerprint density at radius 3 is 2.46 bits per heavy atom. The van der Waals surface area contributed by atoms with Crippen molar-refractivity contribution in [3.63, 3.8) is 0 Å². The van der Waals surface area contributed by atoms with Crippen LogP contribution in [0.1, 0.15) is 61.8 Å². The van der Waals surface area contributed by atoms with Gasteiger partial charge >= 0.3 is 0 Å². The second-order valence-electron chi connectivity index (χ2n) is 9.20. The lowest BCUT2D eigenvalue weighted by molar-refractivity contribution is 0.0909. The molecule has 0 fully saturated rings. The Bertz CT molecular complexity index is 939. The molecule has 0 saturated heterocycles. The predicted octanol–water partition coefficient (Wildman–Crippen LogP) is 5.07. The normalized spacial score (nSPS) is 17.6. The Balaban J connectivity index is 2.33. The molecule has 0 saturated carbocycles. The van der Waals surface area contributed by atoms with Crippen LogP contribution in [0.25, 0.3) is 0 Å². The van der Waals surface area contributed by atoms with Gasteiger partial charge in [0, 0.05) is 24.1 Å². The summed E-state index contributed by atoms with van der Waals surface area (Å²) in [6.45, 7) is 14.8. The van der Waals surface area contributed by atoms with Gasteiger partial charge in [-0.3, -0.25) is 4.79 Å². The first-order valence-electron chi connectivity index (χ1n) is 9.37. The van der Waals surface area contributed by atoms with Crippen LogP contribution in [0.3, 0.4) is 0 Å². The highest BCUT2D eigenvalue weighted by molar-refractivity contribution is 7.92. The summed E-state index contributed by atoms with van der Waals surface area (Å²) < 4.78 is 24.7. The number of carbonyl (C=O) groups excluding carboxylic acids is 1. The number of thiophene rings is 1. The monoisotopic (exact) mass is 421 g/mol. The van der Waals surface area contributed by atoms with Gasteiger partial charge in [0.25, 0.3) is 0 Å². The molecule has 0 aromatic carbocycles. The van der Waals surface area contributed by atoms with E-state index in [9.17, 15) is 13.2 Å². The molecule has 0 spiro atoms. The van der Waals surface area contributed by atoms with Gasteiger partial charge in [-0.05, 0) is 40.7 Å². The van der Waals surface area contributed by atoms with Gasteiger partial charge in [-0.25, -0.2) is 8.42 Å². The second-order valence-corrected chi connectivity index (χ2v) is 12.5. The van der Waals surface area contributed by atoms with Crippen LogP contribution in [0.5, 0.6) is 0 Å². The van der Waals surface area contributed by atoms with Gasteiger partial charge in [0.15, 0.2) is 15.6 Å². The van der Waals surface area contributed by atoms with Crippen LogP contribution in [-0.2, 0) is 22.8 Å². The molecule has 154 valence electrons. The molecule has 1 N–H and O–H groups in total. The van der Waals surface area contributed by atoms with E-state index in [-0.39, 0.29) is 20.8 Å². The molecule has 1 aromatic heterocycles. The van der Waals surface area contributed by atoms with E-state index in [1.807, 2.05) is 18.4 Å². The third-order valence-corrected chi connectivity index (χ3v) is 7.84. The summed E-state index contributed by atoms with van der Waals surface area (Å²) in [6, 6.07) is 0. The van der Waals surface area contributed by atoms with E-state index in [4.69, 9.17) is 0 Å². The molecule has 4 nitrogen and oxygen atoms in total. The number of nitrogens with one attached hydrogen (secondary N) is 1. The Kier molecular flexibility index (Phi) is 6.46. The van der Waals surface area contributed by atoms with Crippen molar-refractivity contribution >= 4 is 27.0 Å². The third-order valence-electron chi connectivity index (χ3n) is 4.78. The van der Waals surface area contributed by atoms with Crippen LogP contribution >= 0.6 is 11.3 Å². The topological polar surface area (TPSA) is 63.2 Å². The highest BCUT2D eigenvalue weighted by atomic mass is 32.2. The molecule has 0 radical (unpaired) electrons. The second kappa shape index (κ2) is 7.99. The molecule has 2 rings (SSSR count). The van der Waals surface area contributed by atoms with Crippen molar-refractivity contribution in [1.29, 1.82) is 0 Å². The van der Waals surface area contributed by atoms with Gasteiger partial charge < -0.3 is 5.32 Å². The predicted molar refractivity (Wildman–Crippen MR) is 118 cm³/mol. The van der Waals surface area contributed by atoms with Gasteiger partial charge in [0.2, 0.25) is 0 Å². The number of sulfone groups is 1. The molecular weight excluding hydrogens is 390 g/mol. The lowest BCUT2D eigenvalue weighted by Gasteiger charge is -2.29. The molecule has 1 heterocycles. The number of rotatable bonds is 6. The van der Waals surface area contributed by atoms with E-state index in [1.54, 1.807) is 6.08 Å². The maximum absolute atomic E-state index is 12.7. The number of fused-ring (bicyclic) bond motifs is 1. The van der Waals surface area contributed by atoms with Crippen LogP contribution in [0.2, 0.25) is 0 Å². The fourth-order valence-corrected chi connectivity index (χ4v) is 5.94. The van der Waals surface area contributed by atoms with Gasteiger partial charge in [-0.1, -0.05) is 53.3 Å². The van der Waals surface area contributed by atoms with Crippen molar-refractivity contribution in [3.8, 4) is 0 Å². The van der Waals surface area contributed by atoms with Crippen LogP contribution in [0.15, 0.2) is 40.8 Å². The zero-order chi connectivity index (χ0) is 21.3. The molecule has 6 heteroatoms. The number of allylic oxidation sites excluding steroid dienone is 4. The van der Waals surface area contributed by atoms with Gasteiger partial charge in [-0.15, -0.1) is 11.3 Å². The van der Waals surface area contributed by atoms with Crippen molar-refractivity contribution in [1.82, 2.24) is 5.32 Å². The SMILES string of the molecule is C=C/C=C(\C=C\NCc1sc(S(C)(=O)=O)c2c1CC(C)(C)CC2=O)C(C)(C)C. The Morgan fingerprint density at radius 2 is 1.93 bits per heavy atom. The Labute approximate surface area is 173 Å². The highest BCUT2D eigenvalue weighted by Crippen LogP contribution is 2.43. The number of hydrogen-bond donors (Lipinski definition) is 1. The van der Waals surface area contributed by atoms with Crippen LogP contribution in [0, 0.1) is 10.8 Å². The average Bonchev–Trinajstić information content (AvgIpc) is 2.87. The average molecular weight is 422 g/mol. The summed E-state index contributed by atoms with van der Waals surface area (Å²) in [5, 5.41) is 3.27. The minimum atomic E-state index is -3.43. The maximum Gasteiger partial charge on any atom is 0.185 e. The molecule has 0 bridgehead atoms. The molecule has 1 aliphatic carbocycles. The molecule has 0 amide bonds. The number of Topliss-reactive ketones (excluding diaryl/α,β-unsaturated/α-hetero) is 1. The summed E-state index contributed by atoms with van der Waals surface area (Å²) in [5.41, 5.74) is 2.29. The summed E-state index contributed by atoms with van der Waals surface area (Å²) in [5.74, 6) is -0.0614. The van der Waals surface area contributed by atoms with E-state index < -0.39 is 9.84 Å². The van der Waals surface area contributed by atoms with E-state index in [2.05, 4.69) is 46.5 Å². The first kappa shape index (κ1) is 22.6. The lowest BCUT2D eigenvalue weighted by Crippen LogP contribution is -2.27. The highest BCUT2D eigenvalue weighted by Gasteiger charge is 2.37. The molecule has 28 heavy (non-hydrogen) atoms. The van der Waals surface area contributed by atoms with Crippen LogP contribution in [0.4, 0.5) is 0 Å². The van der Waals surface area contributed by atoms with Crippen molar-refractivity contribution in [3.05, 3.63) is 52.6 Å². The third kappa shape index (κ3) is 5.23. The van der Waals surface area contributed by atoms with E-state index in [0.29, 0.717) is 24.9 Å². The van der Waals surface area contributed by atoms with Crippen molar-refractivity contribution < 1.29 is 13.2 Å². The quantitative estimate of drug-likeness (QED) is 0.652. The standard InChI is InChI=1S/C22H31NO3S2/c1-8-9-15(21(2,3)4)10-11-23-14-18-16-12-22(5,6)13-17(24)19(16)20(27-18)28(7,25)26/h8-11,23H,1,12-14H2,2-7H3/b11-10+,15-9+. The smallest absolute Gasteiger partial charge is 0.185 e. The molecular formula is C22H31NO3S2. The summed E-state index contributed by atoms with van der Waals surface area (Å²) in [6.07, 6.45) is 9.91. The largest absolute Gasteiger partial charge is 0.386 e. The van der Waals surface area contributed by atoms with Crippen LogP contribution < -0.4 is 5.32 Å². The van der Waals surface area contributed by atoms with Gasteiger partial charge in [0.1, 0.15) is 4.21 Å². The zero-order valence-electron chi connectivity index (χ0n) is 17.7. The molecule has 0 unspecified atom stereocenters. The number of hydrogen-bond acceptors (Lipinski definition) is 5. The minimum Gasteiger partial charge on any atom is -0.386 e. The van der Waals surface area contributed by atoms with E-state index >= 15 is 0 Å². The van der Waals surface area contributed by atoms with Crippen LogP contribution in [-0.4, -0.2) is 20.5 Å². The fourth-order valence-electron chi connectivity index (χ4n) is 3.41. The molecule has 1 aliphatic rings. The van der Waals surface area contributed by atoms with Gasteiger partial charge in [0.05, 0.1) is 5.56 Å². The molecule has 0 aliphatic heterocycles. The summed E-state index contributed by atoms with van der Waals surface area (Å²) in [4.78, 5) is 13.6. The molecule has 0 atom stereocenters. The summed E-state index contributed by atoms with van der Waals surface area (Å²) >= 11 is 1.23. The fraction of sp³-hybridized carbons (Fsp3) is 0.500. The van der Waals surface area contributed by atoms with Crippen molar-refractivity contribution in [2.45, 2.75) is 58.2 Å². The first-order chi connectivity index (χ1) is 12.8. The van der Waals surface area contributed by atoms with Crippen molar-refractivity contribution in [2.75, 3.05) is 6.26 Å². The van der Waals surface area contributed by atoms with Gasteiger partial charge in [-0.2, -0.15) is 0 Å². The Morgan fingerprint density at radius 1 is 1.29 bits per heavy atom. The Hall–Kier alpha value is -1.66. The lowest BCUT2D eigenvalue weighted by atomic mass is 9.74. The minimum absolute atomic E-state index is 0.00559. The number of ketones is 1. The van der Waals surface area contributed by atoms with E-state index in [0.717, 1.165) is 16.0 Å². The number of carbonyl (C=O) groups is 1. The first-order valence-corrected chi connectivity index (χ1v) is 12.1. The van der Waals surface area contributed by atoms with E-state index in [1.165, 1.54) is 17.6 Å². The summed E-state index contributed by atoms with van der Waals surface area (Å²) in [7, 11) is -3.43. The van der Waals surface area contributed by atoms with Crippen molar-refractivity contribution in [2.24, 2.45) is 10.8 Å². The molecule has 1 aromatic rings. The zero-order valence-corrected chi connectivity index (χ0v) is 19.3.